The minimum atomic E-state index is -0.936. The first-order valence-corrected chi connectivity index (χ1v) is 12.3. The van der Waals surface area contributed by atoms with E-state index in [-0.39, 0.29) is 36.7 Å². The topological polar surface area (TPSA) is 86.7 Å². The highest BCUT2D eigenvalue weighted by atomic mass is 35.5. The number of thiophene rings is 1. The van der Waals surface area contributed by atoms with Crippen molar-refractivity contribution in [2.24, 2.45) is 0 Å². The van der Waals surface area contributed by atoms with Crippen molar-refractivity contribution in [3.05, 3.63) is 87.3 Å². The van der Waals surface area contributed by atoms with Crippen LogP contribution in [0.3, 0.4) is 0 Å². The number of hydrogen-bond donors (Lipinski definition) is 2. The number of ketones is 1. The summed E-state index contributed by atoms with van der Waals surface area (Å²) < 4.78 is 0. The number of nitrogens with one attached hydrogen (secondary N) is 1. The van der Waals surface area contributed by atoms with Crippen LogP contribution in [0.5, 0.6) is 0 Å². The van der Waals surface area contributed by atoms with Gasteiger partial charge in [0.2, 0.25) is 5.91 Å². The van der Waals surface area contributed by atoms with Crippen LogP contribution in [0.15, 0.2) is 60.7 Å². The van der Waals surface area contributed by atoms with Crippen LogP contribution in [0.4, 0.5) is 5.00 Å². The zero-order valence-corrected chi connectivity index (χ0v) is 21.5. The van der Waals surface area contributed by atoms with Crippen molar-refractivity contribution in [3.63, 3.8) is 0 Å². The molecule has 2 heterocycles. The van der Waals surface area contributed by atoms with E-state index >= 15 is 0 Å². The highest BCUT2D eigenvalue weighted by Gasteiger charge is 2.39. The fourth-order valence-electron chi connectivity index (χ4n) is 4.35. The summed E-state index contributed by atoms with van der Waals surface area (Å²) in [6.45, 7) is 1.91. The molecule has 184 valence electrons. The average molecular weight is 533 g/mol. The van der Waals surface area contributed by atoms with Gasteiger partial charge >= 0.3 is 5.97 Å². The number of halogens is 2. The van der Waals surface area contributed by atoms with E-state index in [1.165, 1.54) is 11.3 Å². The first kappa shape index (κ1) is 26.9. The standard InChI is InChI=1S/C26H25ClN2O4S.ClH/c1-2-19-14-20(24(31)17-8-10-18(27)11-9-17)25(34-19)28-23(30)15-29-21(12-13-22(29)26(32)33)16-6-4-3-5-7-16;/h3-11,14,21-22H,2,12-13,15H2,1H3,(H,28,30)(H,32,33);1H/t21-,22-;/m1./s1. The Labute approximate surface area is 219 Å². The fourth-order valence-corrected chi connectivity index (χ4v) is 5.49. The predicted octanol–water partition coefficient (Wildman–Crippen LogP) is 5.85. The molecule has 0 spiro atoms. The molecule has 1 aromatic heterocycles. The monoisotopic (exact) mass is 532 g/mol. The lowest BCUT2D eigenvalue weighted by molar-refractivity contribution is -0.143. The second-order valence-electron chi connectivity index (χ2n) is 8.22. The van der Waals surface area contributed by atoms with Crippen molar-refractivity contribution in [1.29, 1.82) is 0 Å². The van der Waals surface area contributed by atoms with Crippen molar-refractivity contribution in [2.75, 3.05) is 11.9 Å². The summed E-state index contributed by atoms with van der Waals surface area (Å²) in [5.74, 6) is -1.48. The number of aliphatic carboxylic acids is 1. The molecule has 9 heteroatoms. The first-order valence-electron chi connectivity index (χ1n) is 11.1. The summed E-state index contributed by atoms with van der Waals surface area (Å²) in [7, 11) is 0. The average Bonchev–Trinajstić information content (AvgIpc) is 3.44. The molecular weight excluding hydrogens is 507 g/mol. The van der Waals surface area contributed by atoms with E-state index in [0.29, 0.717) is 34.0 Å². The smallest absolute Gasteiger partial charge is 0.320 e. The van der Waals surface area contributed by atoms with E-state index < -0.39 is 12.0 Å². The van der Waals surface area contributed by atoms with Gasteiger partial charge in [-0.2, -0.15) is 0 Å². The van der Waals surface area contributed by atoms with Crippen molar-refractivity contribution >= 4 is 58.0 Å². The van der Waals surface area contributed by atoms with Crippen molar-refractivity contribution in [1.82, 2.24) is 4.90 Å². The number of carboxylic acid groups (broad SMARTS) is 1. The van der Waals surface area contributed by atoms with E-state index in [0.717, 1.165) is 16.9 Å². The van der Waals surface area contributed by atoms with Crippen molar-refractivity contribution in [2.45, 2.75) is 38.3 Å². The Balaban J connectivity index is 0.00000342. The zero-order valence-electron chi connectivity index (χ0n) is 19.1. The number of anilines is 1. The highest BCUT2D eigenvalue weighted by molar-refractivity contribution is 7.16. The largest absolute Gasteiger partial charge is 0.480 e. The molecule has 6 nitrogen and oxygen atoms in total. The molecule has 1 amide bonds. The third-order valence-electron chi connectivity index (χ3n) is 6.05. The van der Waals surface area contributed by atoms with Crippen molar-refractivity contribution < 1.29 is 19.5 Å². The minimum Gasteiger partial charge on any atom is -0.480 e. The maximum Gasteiger partial charge on any atom is 0.320 e. The van der Waals surface area contributed by atoms with E-state index in [2.05, 4.69) is 5.32 Å². The van der Waals surface area contributed by atoms with Gasteiger partial charge in [0, 0.05) is 21.5 Å². The molecule has 2 aromatic carbocycles. The Morgan fingerprint density at radius 1 is 1.09 bits per heavy atom. The summed E-state index contributed by atoms with van der Waals surface area (Å²) in [5.41, 5.74) is 1.89. The maximum atomic E-state index is 13.1. The predicted molar refractivity (Wildman–Crippen MR) is 141 cm³/mol. The van der Waals surface area contributed by atoms with Crippen LogP contribution >= 0.6 is 35.3 Å². The quantitative estimate of drug-likeness (QED) is 0.355. The second-order valence-corrected chi connectivity index (χ2v) is 9.80. The Morgan fingerprint density at radius 3 is 2.40 bits per heavy atom. The maximum absolute atomic E-state index is 13.1. The second kappa shape index (κ2) is 11.8. The lowest BCUT2D eigenvalue weighted by Gasteiger charge is -2.27. The molecule has 0 saturated carbocycles. The number of carboxylic acids is 1. The van der Waals surface area contributed by atoms with Crippen molar-refractivity contribution in [3.8, 4) is 0 Å². The molecule has 2 atom stereocenters. The number of carbonyl (C=O) groups is 3. The van der Waals surface area contributed by atoms with Crippen LogP contribution in [0.25, 0.3) is 0 Å². The molecule has 4 rings (SSSR count). The summed E-state index contributed by atoms with van der Waals surface area (Å²) in [5, 5.41) is 13.6. The normalized spacial score (nSPS) is 17.5. The van der Waals surface area contributed by atoms with Gasteiger partial charge in [0.05, 0.1) is 12.1 Å². The van der Waals surface area contributed by atoms with Gasteiger partial charge < -0.3 is 10.4 Å². The number of carbonyl (C=O) groups excluding carboxylic acids is 2. The number of rotatable bonds is 8. The molecule has 1 fully saturated rings. The Morgan fingerprint density at radius 2 is 1.77 bits per heavy atom. The number of nitrogens with zero attached hydrogens (tertiary/aromatic N) is 1. The molecule has 1 aliphatic rings. The van der Waals surface area contributed by atoms with Gasteiger partial charge in [0.25, 0.3) is 0 Å². The summed E-state index contributed by atoms with van der Waals surface area (Å²) in [6.07, 6.45) is 1.86. The molecule has 0 unspecified atom stereocenters. The number of aryl methyl sites for hydroxylation is 1. The van der Waals surface area contributed by atoms with Crippen LogP contribution in [-0.2, 0) is 16.0 Å². The van der Waals surface area contributed by atoms with Crippen LogP contribution in [0, 0.1) is 0 Å². The van der Waals surface area contributed by atoms with Crippen LogP contribution in [0.2, 0.25) is 5.02 Å². The minimum absolute atomic E-state index is 0. The van der Waals surface area contributed by atoms with Gasteiger partial charge in [-0.05, 0) is 55.2 Å². The molecule has 1 saturated heterocycles. The van der Waals surface area contributed by atoms with Crippen LogP contribution in [-0.4, -0.2) is 40.3 Å². The molecule has 0 aliphatic carbocycles. The Hall–Kier alpha value is -2.71. The van der Waals surface area contributed by atoms with Crippen LogP contribution < -0.4 is 5.32 Å². The molecule has 2 N–H and O–H groups in total. The zero-order chi connectivity index (χ0) is 24.2. The van der Waals surface area contributed by atoms with Gasteiger partial charge in [-0.25, -0.2) is 0 Å². The highest BCUT2D eigenvalue weighted by Crippen LogP contribution is 2.36. The molecule has 35 heavy (non-hydrogen) atoms. The molecule has 3 aromatic rings. The van der Waals surface area contributed by atoms with E-state index in [4.69, 9.17) is 11.6 Å². The van der Waals surface area contributed by atoms with Gasteiger partial charge in [0.1, 0.15) is 11.0 Å². The number of likely N-dealkylation sites (tertiary alicyclic amines) is 1. The van der Waals surface area contributed by atoms with Gasteiger partial charge in [-0.15, -0.1) is 23.7 Å². The van der Waals surface area contributed by atoms with E-state index in [1.807, 2.05) is 37.3 Å². The summed E-state index contributed by atoms with van der Waals surface area (Å²) >= 11 is 7.31. The molecule has 0 radical (unpaired) electrons. The molecule has 1 aliphatic heterocycles. The number of benzene rings is 2. The SMILES string of the molecule is CCc1cc(C(=O)c2ccc(Cl)cc2)c(NC(=O)CN2[C@@H](C(=O)O)CC[C@@H]2c2ccccc2)s1.Cl. The number of hydrogen-bond acceptors (Lipinski definition) is 5. The molecular formula is C26H26Cl2N2O4S. The third kappa shape index (κ3) is 6.11. The Bertz CT molecular complexity index is 1200. The van der Waals surface area contributed by atoms with E-state index in [1.54, 1.807) is 35.2 Å². The Kier molecular flexibility index (Phi) is 9.08. The fraction of sp³-hybridized carbons (Fsp3) is 0.269. The van der Waals surface area contributed by atoms with Crippen LogP contribution in [0.1, 0.15) is 52.2 Å². The summed E-state index contributed by atoms with van der Waals surface area (Å²) in [6, 6.07) is 17.2. The third-order valence-corrected chi connectivity index (χ3v) is 7.49. The van der Waals surface area contributed by atoms with Gasteiger partial charge in [0.15, 0.2) is 5.78 Å². The lowest BCUT2D eigenvalue weighted by Crippen LogP contribution is -2.42. The lowest BCUT2D eigenvalue weighted by atomic mass is 10.0. The molecule has 0 bridgehead atoms. The van der Waals surface area contributed by atoms with Gasteiger partial charge in [-0.3, -0.25) is 19.3 Å². The first-order chi connectivity index (χ1) is 16.4. The van der Waals surface area contributed by atoms with E-state index in [9.17, 15) is 19.5 Å². The number of amides is 1. The summed E-state index contributed by atoms with van der Waals surface area (Å²) in [4.78, 5) is 40.8. The van der Waals surface area contributed by atoms with Gasteiger partial charge in [-0.1, -0.05) is 48.9 Å².